The lowest BCUT2D eigenvalue weighted by molar-refractivity contribution is 0.111. The van der Waals surface area contributed by atoms with Crippen LogP contribution in [0.25, 0.3) is 0 Å². The van der Waals surface area contributed by atoms with Crippen LogP contribution in [0.3, 0.4) is 0 Å². The third-order valence-corrected chi connectivity index (χ3v) is 1.50. The Morgan fingerprint density at radius 2 is 2.00 bits per heavy atom. The molecular formula is C3H8N2OS. The van der Waals surface area contributed by atoms with Gasteiger partial charge in [-0.3, -0.25) is 10.6 Å². The molecule has 1 aliphatic heterocycles. The summed E-state index contributed by atoms with van der Waals surface area (Å²) in [4.78, 5) is 0. The van der Waals surface area contributed by atoms with Crippen LogP contribution >= 0.6 is 11.8 Å². The van der Waals surface area contributed by atoms with Crippen molar-refractivity contribution in [2.45, 2.75) is 6.35 Å². The molecule has 1 aliphatic rings. The van der Waals surface area contributed by atoms with Gasteiger partial charge in [0, 0.05) is 11.8 Å². The summed E-state index contributed by atoms with van der Waals surface area (Å²) in [5, 5.41) is 14.3. The average Bonchev–Trinajstić information content (AvgIpc) is 1.69. The highest BCUT2D eigenvalue weighted by Crippen LogP contribution is 1.97. The van der Waals surface area contributed by atoms with E-state index in [0.29, 0.717) is 0 Å². The zero-order valence-electron chi connectivity index (χ0n) is 3.85. The first-order valence-corrected chi connectivity index (χ1v) is 3.27. The third-order valence-electron chi connectivity index (χ3n) is 0.757. The molecule has 1 rings (SSSR count). The van der Waals surface area contributed by atoms with E-state index < -0.39 is 6.35 Å². The number of aliphatic hydroxyl groups is 1. The molecule has 7 heavy (non-hydrogen) atoms. The molecule has 1 heterocycles. The molecule has 42 valence electrons. The van der Waals surface area contributed by atoms with Crippen molar-refractivity contribution in [2.24, 2.45) is 0 Å². The van der Waals surface area contributed by atoms with Crippen LogP contribution in [0.2, 0.25) is 0 Å². The highest BCUT2D eigenvalue weighted by molar-refractivity contribution is 7.99. The van der Waals surface area contributed by atoms with Crippen LogP contribution in [-0.4, -0.2) is 23.2 Å². The van der Waals surface area contributed by atoms with Crippen molar-refractivity contribution in [3.8, 4) is 0 Å². The fourth-order valence-corrected chi connectivity index (χ4v) is 1.05. The van der Waals surface area contributed by atoms with Crippen molar-refractivity contribution in [3.63, 3.8) is 0 Å². The van der Waals surface area contributed by atoms with E-state index in [9.17, 15) is 0 Å². The Bertz CT molecular complexity index is 54.9. The largest absolute Gasteiger partial charge is 0.365 e. The Labute approximate surface area is 46.5 Å². The normalized spacial score (nSPS) is 25.3. The molecule has 4 heteroatoms. The quantitative estimate of drug-likeness (QED) is 0.388. The minimum atomic E-state index is -0.485. The molecule has 0 aliphatic carbocycles. The van der Waals surface area contributed by atoms with Crippen LogP contribution in [0.1, 0.15) is 0 Å². The molecule has 0 bridgehead atoms. The lowest BCUT2D eigenvalue weighted by Crippen LogP contribution is -2.45. The second kappa shape index (κ2) is 2.52. The van der Waals surface area contributed by atoms with Gasteiger partial charge in [-0.05, 0) is 0 Å². The maximum atomic E-state index is 8.67. The maximum Gasteiger partial charge on any atom is 0.161 e. The number of hydrogen-bond donors (Lipinski definition) is 3. The van der Waals surface area contributed by atoms with Gasteiger partial charge in [0.15, 0.2) is 6.35 Å². The minimum Gasteiger partial charge on any atom is -0.365 e. The summed E-state index contributed by atoms with van der Waals surface area (Å²) in [6.07, 6.45) is -0.485. The van der Waals surface area contributed by atoms with Gasteiger partial charge in [0.25, 0.3) is 0 Å². The average molecular weight is 120 g/mol. The fourth-order valence-electron chi connectivity index (χ4n) is 0.399. The topological polar surface area (TPSA) is 44.3 Å². The molecule has 0 unspecified atom stereocenters. The molecular weight excluding hydrogens is 112 g/mol. The zero-order chi connectivity index (χ0) is 5.11. The number of hydrogen-bond acceptors (Lipinski definition) is 4. The van der Waals surface area contributed by atoms with E-state index in [2.05, 4.69) is 10.6 Å². The number of rotatable bonds is 0. The summed E-state index contributed by atoms with van der Waals surface area (Å²) >= 11 is 1.72. The second-order valence-corrected chi connectivity index (χ2v) is 2.29. The summed E-state index contributed by atoms with van der Waals surface area (Å²) in [6, 6.07) is 0. The van der Waals surface area contributed by atoms with Crippen LogP contribution in [0.4, 0.5) is 0 Å². The monoisotopic (exact) mass is 120 g/mol. The predicted molar refractivity (Wildman–Crippen MR) is 29.6 cm³/mol. The Hall–Kier alpha value is 0.230. The lowest BCUT2D eigenvalue weighted by Gasteiger charge is -2.18. The van der Waals surface area contributed by atoms with Gasteiger partial charge in [0.2, 0.25) is 0 Å². The first-order valence-electron chi connectivity index (χ1n) is 2.12. The van der Waals surface area contributed by atoms with E-state index in [1.807, 2.05) is 0 Å². The summed E-state index contributed by atoms with van der Waals surface area (Å²) in [5.41, 5.74) is 0. The standard InChI is InChI=1S/C3H8N2OS/c6-3-4-1-7-2-5-3/h3-6H,1-2H2. The van der Waals surface area contributed by atoms with Gasteiger partial charge in [-0.1, -0.05) is 0 Å². The van der Waals surface area contributed by atoms with Crippen LogP contribution in [0.15, 0.2) is 0 Å². The molecule has 1 saturated heterocycles. The van der Waals surface area contributed by atoms with Crippen molar-refractivity contribution in [1.29, 1.82) is 0 Å². The molecule has 0 aromatic rings. The lowest BCUT2D eigenvalue weighted by atomic mass is 10.9. The van der Waals surface area contributed by atoms with E-state index in [1.54, 1.807) is 11.8 Å². The van der Waals surface area contributed by atoms with Gasteiger partial charge in [-0.25, -0.2) is 0 Å². The maximum absolute atomic E-state index is 8.67. The molecule has 0 spiro atoms. The molecule has 0 radical (unpaired) electrons. The SMILES string of the molecule is OC1NCSCN1. The highest BCUT2D eigenvalue weighted by Gasteiger charge is 2.04. The van der Waals surface area contributed by atoms with Gasteiger partial charge < -0.3 is 5.11 Å². The van der Waals surface area contributed by atoms with Crippen molar-refractivity contribution in [2.75, 3.05) is 11.8 Å². The smallest absolute Gasteiger partial charge is 0.161 e. The first kappa shape index (κ1) is 5.37. The molecule has 0 aromatic heterocycles. The Balaban J connectivity index is 2.12. The van der Waals surface area contributed by atoms with Gasteiger partial charge in [-0.15, -0.1) is 11.8 Å². The second-order valence-electron chi connectivity index (χ2n) is 1.30. The first-order chi connectivity index (χ1) is 3.39. The van der Waals surface area contributed by atoms with Crippen LogP contribution < -0.4 is 10.6 Å². The molecule has 3 N–H and O–H groups in total. The zero-order valence-corrected chi connectivity index (χ0v) is 4.66. The summed E-state index contributed by atoms with van der Waals surface area (Å²) in [6.45, 7) is 0. The van der Waals surface area contributed by atoms with Crippen LogP contribution in [-0.2, 0) is 0 Å². The van der Waals surface area contributed by atoms with Gasteiger partial charge in [-0.2, -0.15) is 0 Å². The van der Waals surface area contributed by atoms with Crippen LogP contribution in [0, 0.1) is 0 Å². The molecule has 3 nitrogen and oxygen atoms in total. The Morgan fingerprint density at radius 3 is 2.29 bits per heavy atom. The van der Waals surface area contributed by atoms with Crippen molar-refractivity contribution < 1.29 is 5.11 Å². The highest BCUT2D eigenvalue weighted by atomic mass is 32.2. The van der Waals surface area contributed by atoms with E-state index in [-0.39, 0.29) is 0 Å². The summed E-state index contributed by atoms with van der Waals surface area (Å²) in [5.74, 6) is 1.68. The molecule has 0 amide bonds. The van der Waals surface area contributed by atoms with E-state index >= 15 is 0 Å². The van der Waals surface area contributed by atoms with Crippen LogP contribution in [0.5, 0.6) is 0 Å². The summed E-state index contributed by atoms with van der Waals surface area (Å²) in [7, 11) is 0. The Morgan fingerprint density at radius 1 is 1.43 bits per heavy atom. The third kappa shape index (κ3) is 1.65. The molecule has 0 saturated carbocycles. The van der Waals surface area contributed by atoms with Crippen molar-refractivity contribution in [1.82, 2.24) is 10.6 Å². The van der Waals surface area contributed by atoms with Crippen molar-refractivity contribution >= 4 is 11.8 Å². The molecule has 0 atom stereocenters. The van der Waals surface area contributed by atoms with Gasteiger partial charge in [0.05, 0.1) is 0 Å². The minimum absolute atomic E-state index is 0.485. The van der Waals surface area contributed by atoms with E-state index in [0.717, 1.165) is 11.8 Å². The van der Waals surface area contributed by atoms with E-state index in [4.69, 9.17) is 5.11 Å². The number of thioether (sulfide) groups is 1. The number of nitrogens with one attached hydrogen (secondary N) is 2. The Kier molecular flexibility index (Phi) is 1.93. The molecule has 1 fully saturated rings. The predicted octanol–water partition coefficient (Wildman–Crippen LogP) is -0.897. The van der Waals surface area contributed by atoms with Crippen molar-refractivity contribution in [3.05, 3.63) is 0 Å². The fraction of sp³-hybridized carbons (Fsp3) is 1.00. The van der Waals surface area contributed by atoms with Gasteiger partial charge in [0.1, 0.15) is 0 Å². The van der Waals surface area contributed by atoms with E-state index in [1.165, 1.54) is 0 Å². The van der Waals surface area contributed by atoms with Gasteiger partial charge >= 0.3 is 0 Å². The number of aliphatic hydroxyl groups excluding tert-OH is 1. The summed E-state index contributed by atoms with van der Waals surface area (Å²) < 4.78 is 0. The molecule has 0 aromatic carbocycles.